The number of halogens is 1. The van der Waals surface area contributed by atoms with Gasteiger partial charge in [-0.15, -0.1) is 11.6 Å². The van der Waals surface area contributed by atoms with E-state index in [4.69, 9.17) is 25.8 Å². The zero-order valence-corrected chi connectivity index (χ0v) is 33.9. The molecule has 0 aliphatic carbocycles. The first-order chi connectivity index (χ1) is 28.7. The Labute approximate surface area is 349 Å². The summed E-state index contributed by atoms with van der Waals surface area (Å²) >= 11 is 6.29. The number of piperidine rings is 1. The lowest BCUT2D eigenvalue weighted by atomic mass is 9.88. The summed E-state index contributed by atoms with van der Waals surface area (Å²) in [4.78, 5) is 65.4. The van der Waals surface area contributed by atoms with E-state index in [1.54, 1.807) is 30.1 Å². The molecular formula is C46H49ClN4O8. The highest BCUT2D eigenvalue weighted by atomic mass is 35.5. The fourth-order valence-electron chi connectivity index (χ4n) is 7.16. The number of alkyl halides is 1. The molecule has 5 amide bonds. The molecule has 2 heterocycles. The highest BCUT2D eigenvalue weighted by molar-refractivity contribution is 6.18. The highest BCUT2D eigenvalue weighted by Gasteiger charge is 2.40. The van der Waals surface area contributed by atoms with Crippen LogP contribution in [-0.4, -0.2) is 97.9 Å². The summed E-state index contributed by atoms with van der Waals surface area (Å²) in [6.07, 6.45) is 1.43. The Hall–Kier alpha value is -5.82. The number of nitrogens with one attached hydrogen (secondary N) is 2. The van der Waals surface area contributed by atoms with Crippen LogP contribution in [0, 0.1) is 0 Å². The molecule has 4 aromatic carbocycles. The maximum atomic E-state index is 13.0. The van der Waals surface area contributed by atoms with Gasteiger partial charge in [0.1, 0.15) is 18.4 Å². The van der Waals surface area contributed by atoms with Crippen molar-refractivity contribution in [3.63, 3.8) is 0 Å². The molecule has 1 fully saturated rings. The topological polar surface area (TPSA) is 144 Å². The summed E-state index contributed by atoms with van der Waals surface area (Å²) in [5, 5.41) is 5.14. The maximum absolute atomic E-state index is 13.0. The van der Waals surface area contributed by atoms with Gasteiger partial charge < -0.3 is 29.3 Å². The molecule has 12 nitrogen and oxygen atoms in total. The second kappa shape index (κ2) is 21.3. The average Bonchev–Trinajstić information content (AvgIpc) is 3.59. The number of fused-ring (bicyclic) bond motifs is 1. The van der Waals surface area contributed by atoms with Gasteiger partial charge in [-0.3, -0.25) is 29.3 Å². The van der Waals surface area contributed by atoms with Crippen molar-refractivity contribution in [3.05, 3.63) is 131 Å². The quantitative estimate of drug-likeness (QED) is 0.0457. The highest BCUT2D eigenvalue weighted by Crippen LogP contribution is 2.36. The summed E-state index contributed by atoms with van der Waals surface area (Å²) in [7, 11) is 1.73. The molecule has 0 bridgehead atoms. The number of ether oxygens (including phenoxy) is 3. The number of imide groups is 1. The molecular weight excluding hydrogens is 772 g/mol. The zero-order chi connectivity index (χ0) is 41.6. The summed E-state index contributed by atoms with van der Waals surface area (Å²) in [5.41, 5.74) is 7.15. The first-order valence-corrected chi connectivity index (χ1v) is 20.4. The van der Waals surface area contributed by atoms with Crippen LogP contribution < -0.4 is 15.4 Å². The molecule has 0 radical (unpaired) electrons. The van der Waals surface area contributed by atoms with Crippen LogP contribution in [0.5, 0.6) is 5.75 Å². The van der Waals surface area contributed by atoms with Crippen molar-refractivity contribution in [2.75, 3.05) is 57.8 Å². The third-order valence-electron chi connectivity index (χ3n) is 10.3. The predicted molar refractivity (Wildman–Crippen MR) is 226 cm³/mol. The van der Waals surface area contributed by atoms with Crippen molar-refractivity contribution in [2.24, 2.45) is 0 Å². The Morgan fingerprint density at radius 2 is 1.44 bits per heavy atom. The van der Waals surface area contributed by atoms with Crippen molar-refractivity contribution in [1.82, 2.24) is 15.1 Å². The van der Waals surface area contributed by atoms with Crippen LogP contribution in [0.2, 0.25) is 0 Å². The van der Waals surface area contributed by atoms with Gasteiger partial charge in [-0.2, -0.15) is 0 Å². The predicted octanol–water partition coefficient (Wildman–Crippen LogP) is 6.32. The standard InChI is InChI=1S/C46H49ClN4O8/c1-50(25-28-59-35-17-15-34(16-18-35)44(33-11-6-3-7-12-33)36(21-24-47)32-9-4-2-5-10-32)43(54)23-27-58-30-29-57-26-22-42(53)48-39-14-8-13-37-38(39)31-51(46(37)56)40-19-20-41(52)49-45(40)55/h2-18,40H,19-31H2,1H3,(H,48,53)(H,49,52,55)/b44-36-. The summed E-state index contributed by atoms with van der Waals surface area (Å²) in [5.74, 6) is -0.294. The lowest BCUT2D eigenvalue weighted by molar-refractivity contribution is -0.137. The minimum atomic E-state index is -0.735. The number of carbonyl (C=O) groups is 5. The van der Waals surface area contributed by atoms with E-state index in [9.17, 15) is 24.0 Å². The largest absolute Gasteiger partial charge is 0.492 e. The molecule has 1 saturated heterocycles. The number of benzene rings is 4. The van der Waals surface area contributed by atoms with Gasteiger partial charge in [-0.25, -0.2) is 0 Å². The molecule has 2 aliphatic heterocycles. The molecule has 4 aromatic rings. The van der Waals surface area contributed by atoms with Crippen LogP contribution in [-0.2, 0) is 35.2 Å². The number of likely N-dealkylation sites (N-methyl/N-ethyl adjacent to an activating group) is 1. The summed E-state index contributed by atoms with van der Waals surface area (Å²) in [6, 6.07) is 32.9. The number of anilines is 1. The number of hydrogen-bond acceptors (Lipinski definition) is 8. The van der Waals surface area contributed by atoms with E-state index in [1.165, 1.54) is 10.5 Å². The molecule has 13 heteroatoms. The van der Waals surface area contributed by atoms with Gasteiger partial charge in [0, 0.05) is 42.7 Å². The number of hydrogen-bond donors (Lipinski definition) is 2. The Balaban J connectivity index is 0.865. The van der Waals surface area contributed by atoms with Crippen molar-refractivity contribution >= 4 is 58.0 Å². The molecule has 2 aliphatic rings. The second-order valence-electron chi connectivity index (χ2n) is 14.2. The van der Waals surface area contributed by atoms with E-state index in [0.717, 1.165) is 28.7 Å². The number of amides is 5. The molecule has 0 spiro atoms. The lowest BCUT2D eigenvalue weighted by Gasteiger charge is -2.29. The fraction of sp³-hybridized carbons (Fsp3) is 0.326. The first-order valence-electron chi connectivity index (χ1n) is 19.8. The number of allylic oxidation sites excluding steroid dienone is 1. The van der Waals surface area contributed by atoms with Gasteiger partial charge in [-0.1, -0.05) is 78.9 Å². The second-order valence-corrected chi connectivity index (χ2v) is 14.6. The summed E-state index contributed by atoms with van der Waals surface area (Å²) < 4.78 is 17.2. The van der Waals surface area contributed by atoms with Gasteiger partial charge in [0.25, 0.3) is 5.91 Å². The van der Waals surface area contributed by atoms with Crippen molar-refractivity contribution in [1.29, 1.82) is 0 Å². The van der Waals surface area contributed by atoms with Crippen LogP contribution in [0.4, 0.5) is 5.69 Å². The summed E-state index contributed by atoms with van der Waals surface area (Å²) in [6.45, 7) is 1.81. The minimum Gasteiger partial charge on any atom is -0.492 e. The van der Waals surface area contributed by atoms with Gasteiger partial charge in [0.05, 0.1) is 45.8 Å². The molecule has 308 valence electrons. The molecule has 0 aromatic heterocycles. The average molecular weight is 821 g/mol. The zero-order valence-electron chi connectivity index (χ0n) is 33.1. The van der Waals surface area contributed by atoms with E-state index < -0.39 is 11.9 Å². The maximum Gasteiger partial charge on any atom is 0.255 e. The SMILES string of the molecule is CN(CCOc1ccc(/C(=C(/CCCl)c2ccccc2)c2ccccc2)cc1)C(=O)CCOCCOCCC(=O)Nc1cccc2c1CN(C1CCC(=O)NC1=O)C2=O. The normalized spacial score (nSPS) is 15.3. The monoisotopic (exact) mass is 820 g/mol. The van der Waals surface area contributed by atoms with E-state index >= 15 is 0 Å². The van der Waals surface area contributed by atoms with E-state index in [1.807, 2.05) is 48.5 Å². The Bertz CT molecular complexity index is 2130. The fourth-order valence-corrected chi connectivity index (χ4v) is 7.35. The Morgan fingerprint density at radius 3 is 2.12 bits per heavy atom. The molecule has 2 N–H and O–H groups in total. The Morgan fingerprint density at radius 1 is 0.780 bits per heavy atom. The first kappa shape index (κ1) is 42.8. The smallest absolute Gasteiger partial charge is 0.255 e. The molecule has 1 unspecified atom stereocenters. The minimum absolute atomic E-state index is 0.0683. The molecule has 0 saturated carbocycles. The van der Waals surface area contributed by atoms with Crippen LogP contribution in [0.1, 0.15) is 64.7 Å². The third-order valence-corrected chi connectivity index (χ3v) is 10.4. The van der Waals surface area contributed by atoms with E-state index in [2.05, 4.69) is 47.0 Å². The van der Waals surface area contributed by atoms with Crippen LogP contribution in [0.25, 0.3) is 11.1 Å². The van der Waals surface area contributed by atoms with Crippen LogP contribution in [0.3, 0.4) is 0 Å². The van der Waals surface area contributed by atoms with Crippen LogP contribution >= 0.6 is 11.6 Å². The third kappa shape index (κ3) is 11.4. The number of carbonyl (C=O) groups excluding carboxylic acids is 5. The van der Waals surface area contributed by atoms with Crippen molar-refractivity contribution in [3.8, 4) is 5.75 Å². The van der Waals surface area contributed by atoms with Gasteiger partial charge in [0.15, 0.2) is 0 Å². The lowest BCUT2D eigenvalue weighted by Crippen LogP contribution is -2.52. The van der Waals surface area contributed by atoms with Gasteiger partial charge >= 0.3 is 0 Å². The molecule has 1 atom stereocenters. The van der Waals surface area contributed by atoms with Crippen LogP contribution in [0.15, 0.2) is 103 Å². The van der Waals surface area contributed by atoms with E-state index in [-0.39, 0.29) is 82.3 Å². The molecule has 59 heavy (non-hydrogen) atoms. The van der Waals surface area contributed by atoms with E-state index in [0.29, 0.717) is 41.6 Å². The van der Waals surface area contributed by atoms with Crippen molar-refractivity contribution in [2.45, 2.75) is 44.7 Å². The van der Waals surface area contributed by atoms with Crippen molar-refractivity contribution < 1.29 is 38.2 Å². The Kier molecular flexibility index (Phi) is 15.4. The number of nitrogens with zero attached hydrogens (tertiary/aromatic N) is 2. The molecule has 6 rings (SSSR count). The van der Waals surface area contributed by atoms with Gasteiger partial charge in [0.2, 0.25) is 23.6 Å². The van der Waals surface area contributed by atoms with Gasteiger partial charge in [-0.05, 0) is 64.9 Å². The number of rotatable bonds is 20.